The minimum Gasteiger partial charge on any atom is -0.507 e. The summed E-state index contributed by atoms with van der Waals surface area (Å²) in [7, 11) is 0. The summed E-state index contributed by atoms with van der Waals surface area (Å²) in [4.78, 5) is 12.1. The fourth-order valence-electron chi connectivity index (χ4n) is 2.05. The van der Waals surface area contributed by atoms with E-state index >= 15 is 0 Å². The van der Waals surface area contributed by atoms with E-state index in [1.54, 1.807) is 0 Å². The Kier molecular flexibility index (Phi) is 4.90. The number of nitrogens with two attached hydrogens (primary N) is 1. The van der Waals surface area contributed by atoms with Gasteiger partial charge >= 0.3 is 0 Å². The van der Waals surface area contributed by atoms with E-state index in [0.717, 1.165) is 17.7 Å². The lowest BCUT2D eigenvalue weighted by Crippen LogP contribution is -2.41. The number of amides is 1. The molecule has 2 aromatic carbocycles. The maximum absolute atomic E-state index is 12.9. The highest BCUT2D eigenvalue weighted by atomic mass is 19.1. The third kappa shape index (κ3) is 4.03. The minimum atomic E-state index is -0.594. The number of phenols is 1. The highest BCUT2D eigenvalue weighted by molar-refractivity contribution is 5.97. The van der Waals surface area contributed by atoms with E-state index in [9.17, 15) is 14.3 Å². The summed E-state index contributed by atoms with van der Waals surface area (Å²) in [5, 5.41) is 12.4. The zero-order valence-corrected chi connectivity index (χ0v) is 11.4. The average Bonchev–Trinajstić information content (AvgIpc) is 2.47. The SMILES string of the molecule is NCC(Cc1ccccc1)NC(=O)c1ccc(F)cc1O. The van der Waals surface area contributed by atoms with Gasteiger partial charge in [0.2, 0.25) is 0 Å². The second-order valence-electron chi connectivity index (χ2n) is 4.76. The second-order valence-corrected chi connectivity index (χ2v) is 4.76. The summed E-state index contributed by atoms with van der Waals surface area (Å²) in [5.41, 5.74) is 6.75. The van der Waals surface area contributed by atoms with Gasteiger partial charge < -0.3 is 16.2 Å². The van der Waals surface area contributed by atoms with Crippen molar-refractivity contribution < 1.29 is 14.3 Å². The number of phenolic OH excluding ortho intramolecular Hbond substituents is 1. The van der Waals surface area contributed by atoms with Crippen molar-refractivity contribution in [3.05, 3.63) is 65.5 Å². The Bertz CT molecular complexity index is 617. The average molecular weight is 288 g/mol. The van der Waals surface area contributed by atoms with Crippen molar-refractivity contribution in [3.8, 4) is 5.75 Å². The highest BCUT2D eigenvalue weighted by Crippen LogP contribution is 2.18. The van der Waals surface area contributed by atoms with E-state index in [1.165, 1.54) is 6.07 Å². The predicted octanol–water partition coefficient (Wildman–Crippen LogP) is 1.83. The first-order valence-corrected chi connectivity index (χ1v) is 6.63. The topological polar surface area (TPSA) is 75.3 Å². The third-order valence-electron chi connectivity index (χ3n) is 3.15. The van der Waals surface area contributed by atoms with Gasteiger partial charge in [-0.15, -0.1) is 0 Å². The third-order valence-corrected chi connectivity index (χ3v) is 3.15. The molecule has 0 spiro atoms. The van der Waals surface area contributed by atoms with Crippen LogP contribution in [0.1, 0.15) is 15.9 Å². The van der Waals surface area contributed by atoms with Crippen LogP contribution < -0.4 is 11.1 Å². The molecule has 2 rings (SSSR count). The fraction of sp³-hybridized carbons (Fsp3) is 0.188. The molecule has 110 valence electrons. The molecule has 1 atom stereocenters. The molecule has 0 radical (unpaired) electrons. The molecule has 0 heterocycles. The molecule has 0 aromatic heterocycles. The number of nitrogens with one attached hydrogen (secondary N) is 1. The summed E-state index contributed by atoms with van der Waals surface area (Å²) in [6.45, 7) is 0.266. The first-order valence-electron chi connectivity index (χ1n) is 6.63. The molecule has 0 saturated heterocycles. The van der Waals surface area contributed by atoms with Crippen molar-refractivity contribution in [3.63, 3.8) is 0 Å². The number of carbonyl (C=O) groups excluding carboxylic acids is 1. The first kappa shape index (κ1) is 15.0. The molecule has 4 N–H and O–H groups in total. The molecule has 1 amide bonds. The Morgan fingerprint density at radius 2 is 1.95 bits per heavy atom. The van der Waals surface area contributed by atoms with Gasteiger partial charge in [0, 0.05) is 18.7 Å². The maximum atomic E-state index is 12.9. The van der Waals surface area contributed by atoms with E-state index in [0.29, 0.717) is 6.42 Å². The number of hydrogen-bond donors (Lipinski definition) is 3. The van der Waals surface area contributed by atoms with Crippen LogP contribution in [0.3, 0.4) is 0 Å². The molecule has 21 heavy (non-hydrogen) atoms. The van der Waals surface area contributed by atoms with Gasteiger partial charge in [0.1, 0.15) is 11.6 Å². The monoisotopic (exact) mass is 288 g/mol. The molecular formula is C16H17FN2O2. The smallest absolute Gasteiger partial charge is 0.255 e. The van der Waals surface area contributed by atoms with Gasteiger partial charge in [-0.2, -0.15) is 0 Å². The van der Waals surface area contributed by atoms with E-state index in [1.807, 2.05) is 30.3 Å². The van der Waals surface area contributed by atoms with Gasteiger partial charge in [-0.1, -0.05) is 30.3 Å². The molecule has 0 bridgehead atoms. The van der Waals surface area contributed by atoms with Crippen molar-refractivity contribution >= 4 is 5.91 Å². The number of halogens is 1. The fourth-order valence-corrected chi connectivity index (χ4v) is 2.05. The normalized spacial score (nSPS) is 11.9. The lowest BCUT2D eigenvalue weighted by molar-refractivity contribution is 0.0935. The van der Waals surface area contributed by atoms with E-state index in [2.05, 4.69) is 5.32 Å². The number of aromatic hydroxyl groups is 1. The van der Waals surface area contributed by atoms with Crippen LogP contribution in [0, 0.1) is 5.82 Å². The Morgan fingerprint density at radius 1 is 1.24 bits per heavy atom. The quantitative estimate of drug-likeness (QED) is 0.785. The van der Waals surface area contributed by atoms with Gasteiger partial charge in [0.05, 0.1) is 5.56 Å². The summed E-state index contributed by atoms with van der Waals surface area (Å²) in [5.74, 6) is -1.45. The Balaban J connectivity index is 2.06. The standard InChI is InChI=1S/C16H17FN2O2/c17-12-6-7-14(15(20)9-12)16(21)19-13(10-18)8-11-4-2-1-3-5-11/h1-7,9,13,20H,8,10,18H2,(H,19,21). The van der Waals surface area contributed by atoms with Crippen LogP contribution >= 0.6 is 0 Å². The minimum absolute atomic E-state index is 0.0305. The lowest BCUT2D eigenvalue weighted by Gasteiger charge is -2.17. The lowest BCUT2D eigenvalue weighted by atomic mass is 10.1. The van der Waals surface area contributed by atoms with Crippen molar-refractivity contribution in [1.82, 2.24) is 5.32 Å². The van der Waals surface area contributed by atoms with Gasteiger partial charge in [-0.05, 0) is 24.1 Å². The number of hydrogen-bond acceptors (Lipinski definition) is 3. The maximum Gasteiger partial charge on any atom is 0.255 e. The molecular weight excluding hydrogens is 271 g/mol. The summed E-state index contributed by atoms with van der Waals surface area (Å²) >= 11 is 0. The molecule has 1 unspecified atom stereocenters. The van der Waals surface area contributed by atoms with Crippen LogP contribution in [0.4, 0.5) is 4.39 Å². The van der Waals surface area contributed by atoms with Crippen molar-refractivity contribution in [2.45, 2.75) is 12.5 Å². The van der Waals surface area contributed by atoms with Gasteiger partial charge in [-0.3, -0.25) is 4.79 Å². The van der Waals surface area contributed by atoms with Crippen LogP contribution in [-0.2, 0) is 6.42 Å². The van der Waals surface area contributed by atoms with Crippen LogP contribution in [0.5, 0.6) is 5.75 Å². The largest absolute Gasteiger partial charge is 0.507 e. The molecule has 0 saturated carbocycles. The highest BCUT2D eigenvalue weighted by Gasteiger charge is 2.16. The Morgan fingerprint density at radius 3 is 2.57 bits per heavy atom. The second kappa shape index (κ2) is 6.85. The zero-order chi connectivity index (χ0) is 15.2. The zero-order valence-electron chi connectivity index (χ0n) is 11.4. The van der Waals surface area contributed by atoms with E-state index in [-0.39, 0.29) is 23.9 Å². The van der Waals surface area contributed by atoms with Crippen LogP contribution in [-0.4, -0.2) is 23.6 Å². The predicted molar refractivity (Wildman–Crippen MR) is 78.5 cm³/mol. The molecule has 0 fully saturated rings. The molecule has 0 aliphatic carbocycles. The van der Waals surface area contributed by atoms with Crippen molar-refractivity contribution in [2.24, 2.45) is 5.73 Å². The van der Waals surface area contributed by atoms with Gasteiger partial charge in [0.15, 0.2) is 0 Å². The van der Waals surface area contributed by atoms with E-state index in [4.69, 9.17) is 5.73 Å². The molecule has 2 aromatic rings. The Hall–Kier alpha value is -2.40. The van der Waals surface area contributed by atoms with E-state index < -0.39 is 11.7 Å². The van der Waals surface area contributed by atoms with Crippen molar-refractivity contribution in [2.75, 3.05) is 6.54 Å². The Labute approximate surface area is 122 Å². The molecule has 5 heteroatoms. The van der Waals surface area contributed by atoms with Crippen LogP contribution in [0.25, 0.3) is 0 Å². The number of rotatable bonds is 5. The van der Waals surface area contributed by atoms with Crippen molar-refractivity contribution in [1.29, 1.82) is 0 Å². The van der Waals surface area contributed by atoms with Crippen LogP contribution in [0.2, 0.25) is 0 Å². The molecule has 0 aliphatic heterocycles. The number of carbonyl (C=O) groups is 1. The number of benzene rings is 2. The first-order chi connectivity index (χ1) is 10.1. The molecule has 4 nitrogen and oxygen atoms in total. The summed E-state index contributed by atoms with van der Waals surface area (Å²) in [6, 6.07) is 12.7. The van der Waals surface area contributed by atoms with Gasteiger partial charge in [0.25, 0.3) is 5.91 Å². The van der Waals surface area contributed by atoms with Gasteiger partial charge in [-0.25, -0.2) is 4.39 Å². The van der Waals surface area contributed by atoms with Crippen LogP contribution in [0.15, 0.2) is 48.5 Å². The summed E-state index contributed by atoms with van der Waals surface area (Å²) in [6.07, 6.45) is 0.588. The summed E-state index contributed by atoms with van der Waals surface area (Å²) < 4.78 is 12.9. The molecule has 0 aliphatic rings.